The first-order valence-electron chi connectivity index (χ1n) is 10.9. The summed E-state index contributed by atoms with van der Waals surface area (Å²) in [6.07, 6.45) is -1.26. The maximum atomic E-state index is 12.7. The zero-order valence-electron chi connectivity index (χ0n) is 19.4. The summed E-state index contributed by atoms with van der Waals surface area (Å²) in [7, 11) is 0. The van der Waals surface area contributed by atoms with Crippen LogP contribution in [-0.4, -0.2) is 69.7 Å². The summed E-state index contributed by atoms with van der Waals surface area (Å²) >= 11 is 9.14. The number of β-amino-alcohol motifs (C(OH)–C–C–N with tert-alkyl or cyclic N) is 1. The van der Waals surface area contributed by atoms with E-state index < -0.39 is 59.3 Å². The zero-order chi connectivity index (χ0) is 28.0. The van der Waals surface area contributed by atoms with E-state index in [1.165, 1.54) is 24.3 Å². The van der Waals surface area contributed by atoms with Crippen LogP contribution in [-0.2, 0) is 9.59 Å². The van der Waals surface area contributed by atoms with E-state index >= 15 is 0 Å². The van der Waals surface area contributed by atoms with Gasteiger partial charge in [-0.15, -0.1) is 0 Å². The summed E-state index contributed by atoms with van der Waals surface area (Å²) in [6, 6.07) is 5.13. The molecule has 7 N–H and O–H groups in total. The lowest BCUT2D eigenvalue weighted by atomic mass is 10.0. The SMILES string of the molecule is O=C(O)C[C@H](NC(=O)CNC(=O)c1cc(NC2=NCC(O)CN2)cc([N+](=O)[O-])c1)c1cc(Br)cc(Cl)c1O. The molecule has 3 rings (SSSR count). The summed E-state index contributed by atoms with van der Waals surface area (Å²) in [5, 5.41) is 50.7. The number of halogens is 2. The van der Waals surface area contributed by atoms with Crippen LogP contribution in [0.2, 0.25) is 5.02 Å². The molecule has 14 nitrogen and oxygen atoms in total. The van der Waals surface area contributed by atoms with Crippen LogP contribution in [0.1, 0.15) is 28.4 Å². The van der Waals surface area contributed by atoms with Gasteiger partial charge in [-0.1, -0.05) is 27.5 Å². The number of aromatic hydroxyl groups is 1. The van der Waals surface area contributed by atoms with Crippen LogP contribution in [0.5, 0.6) is 5.75 Å². The van der Waals surface area contributed by atoms with E-state index in [-0.39, 0.29) is 40.9 Å². The number of rotatable bonds is 9. The van der Waals surface area contributed by atoms with E-state index in [2.05, 4.69) is 42.2 Å². The fraction of sp³-hybridized carbons (Fsp3) is 0.273. The molecule has 0 aromatic heterocycles. The molecule has 2 amide bonds. The van der Waals surface area contributed by atoms with Gasteiger partial charge in [0.2, 0.25) is 5.91 Å². The molecular weight excluding hydrogens is 592 g/mol. The van der Waals surface area contributed by atoms with Crippen molar-refractivity contribution < 1.29 is 34.6 Å². The van der Waals surface area contributed by atoms with Gasteiger partial charge in [0.1, 0.15) is 5.75 Å². The van der Waals surface area contributed by atoms with E-state index in [1.807, 2.05) is 0 Å². The van der Waals surface area contributed by atoms with Gasteiger partial charge in [-0.2, -0.15) is 0 Å². The largest absolute Gasteiger partial charge is 0.506 e. The first kappa shape index (κ1) is 28.6. The monoisotopic (exact) mass is 612 g/mol. The highest BCUT2D eigenvalue weighted by Crippen LogP contribution is 2.36. The number of nitrogens with one attached hydrogen (secondary N) is 4. The molecule has 1 aliphatic rings. The van der Waals surface area contributed by atoms with Crippen LogP contribution >= 0.6 is 27.5 Å². The van der Waals surface area contributed by atoms with Crippen molar-refractivity contribution in [2.24, 2.45) is 4.99 Å². The smallest absolute Gasteiger partial charge is 0.305 e. The lowest BCUT2D eigenvalue weighted by molar-refractivity contribution is -0.384. The minimum absolute atomic E-state index is 0.0487. The van der Waals surface area contributed by atoms with Crippen molar-refractivity contribution in [3.05, 3.63) is 61.1 Å². The number of nitrogens with zero attached hydrogens (tertiary/aromatic N) is 2. The number of carbonyl (C=O) groups is 3. The Morgan fingerprint density at radius 2 is 2.00 bits per heavy atom. The molecule has 0 radical (unpaired) electrons. The minimum atomic E-state index is -1.27. The number of non-ortho nitro benzene ring substituents is 1. The molecule has 0 spiro atoms. The van der Waals surface area contributed by atoms with Crippen molar-refractivity contribution >= 4 is 62.6 Å². The number of phenols is 1. The molecule has 1 aliphatic heterocycles. The number of benzene rings is 2. The third-order valence-corrected chi connectivity index (χ3v) is 5.92. The third kappa shape index (κ3) is 7.77. The molecule has 0 fully saturated rings. The number of aliphatic carboxylic acids is 1. The number of aliphatic hydroxyl groups excluding tert-OH is 1. The number of anilines is 1. The second-order valence-electron chi connectivity index (χ2n) is 8.10. The number of nitro benzene ring substituents is 1. The molecule has 2 aromatic rings. The third-order valence-electron chi connectivity index (χ3n) is 5.18. The van der Waals surface area contributed by atoms with Gasteiger partial charge in [0.15, 0.2) is 5.96 Å². The number of hydrogen-bond donors (Lipinski definition) is 7. The number of phenolic OH excluding ortho intramolecular Hbond substituents is 1. The molecule has 1 heterocycles. The molecule has 0 saturated heterocycles. The summed E-state index contributed by atoms with van der Waals surface area (Å²) < 4.78 is 0.439. The molecule has 0 aliphatic carbocycles. The van der Waals surface area contributed by atoms with Crippen molar-refractivity contribution in [2.45, 2.75) is 18.6 Å². The Balaban J connectivity index is 1.72. The zero-order valence-corrected chi connectivity index (χ0v) is 21.7. The Hall–Kier alpha value is -3.95. The van der Waals surface area contributed by atoms with E-state index in [4.69, 9.17) is 11.6 Å². The molecule has 2 aromatic carbocycles. The van der Waals surface area contributed by atoms with Crippen LogP contribution in [0, 0.1) is 10.1 Å². The maximum absolute atomic E-state index is 12.7. The molecule has 0 saturated carbocycles. The van der Waals surface area contributed by atoms with Gasteiger partial charge in [0.05, 0.1) is 41.6 Å². The van der Waals surface area contributed by atoms with Crippen molar-refractivity contribution in [3.63, 3.8) is 0 Å². The molecule has 2 atom stereocenters. The number of amides is 2. The van der Waals surface area contributed by atoms with Gasteiger partial charge >= 0.3 is 5.97 Å². The number of aliphatic imine (C=N–C) groups is 1. The quantitative estimate of drug-likeness (QED) is 0.160. The van der Waals surface area contributed by atoms with Gasteiger partial charge in [-0.25, -0.2) is 0 Å². The van der Waals surface area contributed by atoms with Crippen molar-refractivity contribution in [2.75, 3.05) is 25.0 Å². The van der Waals surface area contributed by atoms with E-state index in [0.717, 1.165) is 6.07 Å². The molecule has 0 bridgehead atoms. The second-order valence-corrected chi connectivity index (χ2v) is 9.42. The Morgan fingerprint density at radius 1 is 1.26 bits per heavy atom. The molecule has 38 heavy (non-hydrogen) atoms. The number of guanidine groups is 1. The number of hydrogen-bond acceptors (Lipinski definition) is 10. The highest BCUT2D eigenvalue weighted by Gasteiger charge is 2.24. The predicted molar refractivity (Wildman–Crippen MR) is 139 cm³/mol. The topological polar surface area (TPSA) is 216 Å². The number of carboxylic acids is 1. The molecule has 1 unspecified atom stereocenters. The molecule has 16 heteroatoms. The van der Waals surface area contributed by atoms with Gasteiger partial charge in [0, 0.05) is 40.0 Å². The van der Waals surface area contributed by atoms with Gasteiger partial charge < -0.3 is 36.6 Å². The van der Waals surface area contributed by atoms with Crippen LogP contribution in [0.4, 0.5) is 11.4 Å². The highest BCUT2D eigenvalue weighted by molar-refractivity contribution is 9.10. The fourth-order valence-corrected chi connectivity index (χ4v) is 4.28. The number of aliphatic hydroxyl groups is 1. The van der Waals surface area contributed by atoms with Crippen LogP contribution in [0.3, 0.4) is 0 Å². The maximum Gasteiger partial charge on any atom is 0.305 e. The first-order chi connectivity index (χ1) is 17.9. The average Bonchev–Trinajstić information content (AvgIpc) is 2.85. The van der Waals surface area contributed by atoms with E-state index in [1.54, 1.807) is 0 Å². The molecule has 202 valence electrons. The van der Waals surface area contributed by atoms with Crippen LogP contribution < -0.4 is 21.3 Å². The van der Waals surface area contributed by atoms with Gasteiger partial charge in [-0.05, 0) is 18.2 Å². The summed E-state index contributed by atoms with van der Waals surface area (Å²) in [5.74, 6) is -3.03. The first-order valence-corrected chi connectivity index (χ1v) is 12.1. The van der Waals surface area contributed by atoms with Crippen molar-refractivity contribution in [3.8, 4) is 5.75 Å². The van der Waals surface area contributed by atoms with Gasteiger partial charge in [0.25, 0.3) is 11.6 Å². The van der Waals surface area contributed by atoms with Crippen LogP contribution in [0.15, 0.2) is 39.8 Å². The highest BCUT2D eigenvalue weighted by atomic mass is 79.9. The van der Waals surface area contributed by atoms with Gasteiger partial charge in [-0.3, -0.25) is 29.5 Å². The number of carboxylic acid groups (broad SMARTS) is 1. The second kappa shape index (κ2) is 12.5. The Morgan fingerprint density at radius 3 is 2.63 bits per heavy atom. The lowest BCUT2D eigenvalue weighted by Crippen LogP contribution is -2.42. The molecular formula is C22H22BrClN6O8. The van der Waals surface area contributed by atoms with Crippen LogP contribution in [0.25, 0.3) is 0 Å². The normalized spacial score (nSPS) is 15.4. The van der Waals surface area contributed by atoms with Crippen molar-refractivity contribution in [1.29, 1.82) is 0 Å². The van der Waals surface area contributed by atoms with Crippen molar-refractivity contribution in [1.82, 2.24) is 16.0 Å². The number of nitro groups is 1. The summed E-state index contributed by atoms with van der Waals surface area (Å²) in [5.41, 5.74) is -0.318. The fourth-order valence-electron chi connectivity index (χ4n) is 3.44. The Bertz CT molecular complexity index is 1310. The predicted octanol–water partition coefficient (Wildman–Crippen LogP) is 1.51. The van der Waals surface area contributed by atoms with E-state index in [0.29, 0.717) is 4.47 Å². The summed E-state index contributed by atoms with van der Waals surface area (Å²) in [4.78, 5) is 51.3. The Labute approximate surface area is 228 Å². The van der Waals surface area contributed by atoms with E-state index in [9.17, 15) is 39.8 Å². The summed E-state index contributed by atoms with van der Waals surface area (Å²) in [6.45, 7) is -0.259. The number of carbonyl (C=O) groups excluding carboxylic acids is 2. The standard InChI is InChI=1S/C22H22BrClN6O8/c23-11-3-15(20(35)16(24)4-11)17(6-19(33)34)29-18(32)9-25-21(36)10-1-12(5-13(2-10)30(37)38)28-22-26-7-14(31)8-27-22/h1-5,14,17,31,35H,6-9H2,(H,25,36)(H,29,32)(H,33,34)(H2,26,27,28)/t17-/m0/s1. The Kier molecular flexibility index (Phi) is 9.44. The lowest BCUT2D eigenvalue weighted by Gasteiger charge is -2.20. The minimum Gasteiger partial charge on any atom is -0.506 e. The average molecular weight is 614 g/mol.